The van der Waals surface area contributed by atoms with Crippen molar-refractivity contribution in [3.05, 3.63) is 69.2 Å². The first-order valence-electron chi connectivity index (χ1n) is 8.98. The summed E-state index contributed by atoms with van der Waals surface area (Å²) in [6, 6.07) is 12.5. The molecule has 0 fully saturated rings. The van der Waals surface area contributed by atoms with E-state index in [-0.39, 0.29) is 26.6 Å². The highest BCUT2D eigenvalue weighted by Gasteiger charge is 2.21. The quantitative estimate of drug-likeness (QED) is 0.318. The van der Waals surface area contributed by atoms with Crippen molar-refractivity contribution in [2.75, 3.05) is 17.6 Å². The summed E-state index contributed by atoms with van der Waals surface area (Å²) in [5.41, 5.74) is 2.62. The highest BCUT2D eigenvalue weighted by Crippen LogP contribution is 2.24. The van der Waals surface area contributed by atoms with E-state index in [0.29, 0.717) is 10.8 Å². The number of aromatic nitrogens is 2. The molecule has 12 heteroatoms. The molecule has 3 rings (SSSR count). The van der Waals surface area contributed by atoms with Crippen molar-refractivity contribution in [3.8, 4) is 0 Å². The van der Waals surface area contributed by atoms with Gasteiger partial charge >= 0.3 is 0 Å². The Morgan fingerprint density at radius 2 is 1.94 bits per heavy atom. The number of carbonyl (C=O) groups excluding carboxylic acids is 1. The second kappa shape index (κ2) is 10.8. The molecule has 0 aliphatic carbocycles. The molecule has 0 unspecified atom stereocenters. The monoisotopic (exact) mass is 516 g/mol. The minimum Gasteiger partial charge on any atom is -0.296 e. The van der Waals surface area contributed by atoms with Gasteiger partial charge in [-0.25, -0.2) is 13.1 Å². The number of benzene rings is 2. The SMILES string of the molecule is Cc1ccccc1CSCCNS(=O)(=O)c1nnc(NC(=O)c2ccc(Cl)cc2Cl)s1. The van der Waals surface area contributed by atoms with E-state index in [1.165, 1.54) is 29.3 Å². The van der Waals surface area contributed by atoms with Crippen LogP contribution >= 0.6 is 46.3 Å². The van der Waals surface area contributed by atoms with Crippen LogP contribution in [0.15, 0.2) is 46.8 Å². The van der Waals surface area contributed by atoms with E-state index in [0.717, 1.165) is 17.1 Å². The van der Waals surface area contributed by atoms with Gasteiger partial charge in [-0.05, 0) is 36.2 Å². The maximum absolute atomic E-state index is 12.4. The lowest BCUT2D eigenvalue weighted by Gasteiger charge is -2.06. The first kappa shape index (κ1) is 24.0. The van der Waals surface area contributed by atoms with Crippen LogP contribution in [0.3, 0.4) is 0 Å². The summed E-state index contributed by atoms with van der Waals surface area (Å²) in [6.07, 6.45) is 0. The van der Waals surface area contributed by atoms with Gasteiger partial charge in [-0.2, -0.15) is 11.8 Å². The van der Waals surface area contributed by atoms with E-state index in [1.54, 1.807) is 11.8 Å². The Bertz CT molecular complexity index is 1190. The zero-order valence-corrected chi connectivity index (χ0v) is 20.2. The number of nitrogens with one attached hydrogen (secondary N) is 2. The molecule has 2 aromatic carbocycles. The number of halogens is 2. The minimum absolute atomic E-state index is 0.0466. The zero-order chi connectivity index (χ0) is 22.4. The number of nitrogens with zero attached hydrogens (tertiary/aromatic N) is 2. The van der Waals surface area contributed by atoms with Crippen LogP contribution in [-0.4, -0.2) is 36.8 Å². The Labute approximate surface area is 198 Å². The Hall–Kier alpha value is -1.69. The topological polar surface area (TPSA) is 101 Å². The lowest BCUT2D eigenvalue weighted by molar-refractivity contribution is 0.102. The van der Waals surface area contributed by atoms with E-state index in [2.05, 4.69) is 26.3 Å². The molecule has 0 bridgehead atoms. The lowest BCUT2D eigenvalue weighted by atomic mass is 10.1. The molecule has 1 aromatic heterocycles. The number of hydrogen-bond donors (Lipinski definition) is 2. The van der Waals surface area contributed by atoms with Crippen molar-refractivity contribution in [2.24, 2.45) is 0 Å². The van der Waals surface area contributed by atoms with Crippen molar-refractivity contribution in [1.82, 2.24) is 14.9 Å². The first-order valence-corrected chi connectivity index (χ1v) is 13.2. The van der Waals surface area contributed by atoms with Gasteiger partial charge < -0.3 is 0 Å². The van der Waals surface area contributed by atoms with Gasteiger partial charge in [-0.3, -0.25) is 10.1 Å². The Morgan fingerprint density at radius 1 is 1.16 bits per heavy atom. The Kier molecular flexibility index (Phi) is 8.31. The molecular formula is C19H18Cl2N4O3S3. The lowest BCUT2D eigenvalue weighted by Crippen LogP contribution is -2.26. The third-order valence-electron chi connectivity index (χ3n) is 4.09. The molecule has 1 amide bonds. The minimum atomic E-state index is -3.82. The van der Waals surface area contributed by atoms with Gasteiger partial charge in [0.05, 0.1) is 10.6 Å². The molecule has 3 aromatic rings. The summed E-state index contributed by atoms with van der Waals surface area (Å²) < 4.78 is 27.1. The molecule has 164 valence electrons. The summed E-state index contributed by atoms with van der Waals surface area (Å²) in [7, 11) is -3.82. The van der Waals surface area contributed by atoms with Gasteiger partial charge in [0.15, 0.2) is 0 Å². The largest absolute Gasteiger partial charge is 0.296 e. The summed E-state index contributed by atoms with van der Waals surface area (Å²) in [6.45, 7) is 2.30. The number of rotatable bonds is 9. The van der Waals surface area contributed by atoms with Gasteiger partial charge in [0, 0.05) is 23.1 Å². The number of amides is 1. The molecule has 0 radical (unpaired) electrons. The van der Waals surface area contributed by atoms with Crippen LogP contribution in [-0.2, 0) is 15.8 Å². The van der Waals surface area contributed by atoms with Crippen molar-refractivity contribution in [2.45, 2.75) is 17.0 Å². The van der Waals surface area contributed by atoms with Crippen LogP contribution in [0.25, 0.3) is 0 Å². The first-order chi connectivity index (χ1) is 14.8. The Balaban J connectivity index is 1.52. The predicted octanol–water partition coefficient (Wildman–Crippen LogP) is 4.62. The molecule has 0 atom stereocenters. The number of carbonyl (C=O) groups is 1. The number of thioether (sulfide) groups is 1. The van der Waals surface area contributed by atoms with Crippen LogP contribution in [0.1, 0.15) is 21.5 Å². The summed E-state index contributed by atoms with van der Waals surface area (Å²) in [5, 5.41) is 10.5. The fraction of sp³-hybridized carbons (Fsp3) is 0.211. The summed E-state index contributed by atoms with van der Waals surface area (Å²) >= 11 is 14.2. The maximum atomic E-state index is 12.4. The summed E-state index contributed by atoms with van der Waals surface area (Å²) in [4.78, 5) is 12.3. The molecule has 7 nitrogen and oxygen atoms in total. The fourth-order valence-corrected chi connectivity index (χ4v) is 6.00. The van der Waals surface area contributed by atoms with E-state index >= 15 is 0 Å². The average molecular weight is 517 g/mol. The van der Waals surface area contributed by atoms with Gasteiger partial charge in [-0.15, -0.1) is 10.2 Å². The van der Waals surface area contributed by atoms with Gasteiger partial charge in [0.25, 0.3) is 15.9 Å². The number of anilines is 1. The predicted molar refractivity (Wildman–Crippen MR) is 127 cm³/mol. The highest BCUT2D eigenvalue weighted by molar-refractivity contribution is 7.98. The van der Waals surface area contributed by atoms with Crippen molar-refractivity contribution in [3.63, 3.8) is 0 Å². The van der Waals surface area contributed by atoms with Crippen LogP contribution < -0.4 is 10.0 Å². The van der Waals surface area contributed by atoms with Crippen molar-refractivity contribution in [1.29, 1.82) is 0 Å². The number of sulfonamides is 1. The third-order valence-corrected chi connectivity index (χ3v) is 8.31. The maximum Gasteiger partial charge on any atom is 0.269 e. The molecule has 2 N–H and O–H groups in total. The molecule has 31 heavy (non-hydrogen) atoms. The van der Waals surface area contributed by atoms with E-state index in [9.17, 15) is 13.2 Å². The zero-order valence-electron chi connectivity index (χ0n) is 16.3. The van der Waals surface area contributed by atoms with E-state index in [4.69, 9.17) is 23.2 Å². The second-order valence-electron chi connectivity index (χ2n) is 6.33. The molecular weight excluding hydrogens is 499 g/mol. The van der Waals surface area contributed by atoms with Gasteiger partial charge in [0.1, 0.15) is 0 Å². The van der Waals surface area contributed by atoms with E-state index in [1.807, 2.05) is 25.1 Å². The smallest absolute Gasteiger partial charge is 0.269 e. The number of hydrogen-bond acceptors (Lipinski definition) is 7. The van der Waals surface area contributed by atoms with Crippen molar-refractivity contribution < 1.29 is 13.2 Å². The number of aryl methyl sites for hydroxylation is 1. The summed E-state index contributed by atoms with van der Waals surface area (Å²) in [5.74, 6) is 0.865. The molecule has 1 heterocycles. The Morgan fingerprint density at radius 3 is 2.68 bits per heavy atom. The molecule has 0 aliphatic heterocycles. The molecule has 0 saturated heterocycles. The van der Waals surface area contributed by atoms with Gasteiger partial charge in [-0.1, -0.05) is 58.8 Å². The molecule has 0 spiro atoms. The van der Waals surface area contributed by atoms with Crippen LogP contribution in [0, 0.1) is 6.92 Å². The van der Waals surface area contributed by atoms with Crippen LogP contribution in [0.5, 0.6) is 0 Å². The van der Waals surface area contributed by atoms with Crippen molar-refractivity contribution >= 4 is 67.4 Å². The van der Waals surface area contributed by atoms with Crippen LogP contribution in [0.2, 0.25) is 10.0 Å². The van der Waals surface area contributed by atoms with Crippen LogP contribution in [0.4, 0.5) is 5.13 Å². The average Bonchev–Trinajstić information content (AvgIpc) is 3.18. The fourth-order valence-electron chi connectivity index (χ4n) is 2.47. The molecule has 0 saturated carbocycles. The standard InChI is InChI=1S/C19H18Cl2N4O3S3/c1-12-4-2-3-5-13(12)11-29-9-8-22-31(27,28)19-25-24-18(30-19)23-17(26)15-7-6-14(20)10-16(15)21/h2-7,10,22H,8-9,11H2,1H3,(H,23,24,26). The van der Waals surface area contributed by atoms with E-state index < -0.39 is 15.9 Å². The van der Waals surface area contributed by atoms with Gasteiger partial charge in [0.2, 0.25) is 9.47 Å². The highest BCUT2D eigenvalue weighted by atomic mass is 35.5. The normalized spacial score (nSPS) is 11.5. The molecule has 0 aliphatic rings. The third kappa shape index (κ3) is 6.64. The second-order valence-corrected chi connectivity index (χ2v) is 11.2.